The number of hydrogen-bond acceptors (Lipinski definition) is 3. The van der Waals surface area contributed by atoms with Gasteiger partial charge in [0.05, 0.1) is 10.9 Å². The molecule has 0 aromatic carbocycles. The van der Waals surface area contributed by atoms with E-state index in [0.717, 1.165) is 11.4 Å². The van der Waals surface area contributed by atoms with E-state index in [1.165, 1.54) is 25.7 Å². The van der Waals surface area contributed by atoms with Gasteiger partial charge >= 0.3 is 0 Å². The molecule has 0 saturated heterocycles. The summed E-state index contributed by atoms with van der Waals surface area (Å²) in [6.07, 6.45) is 6.60. The van der Waals surface area contributed by atoms with Crippen molar-refractivity contribution in [1.82, 2.24) is 9.97 Å². The molecule has 1 aromatic heterocycles. The molecule has 0 radical (unpaired) electrons. The van der Waals surface area contributed by atoms with E-state index < -0.39 is 0 Å². The summed E-state index contributed by atoms with van der Waals surface area (Å²) in [7, 11) is 0. The molecule has 0 atom stereocenters. The summed E-state index contributed by atoms with van der Waals surface area (Å²) in [5.41, 5.74) is 0.806. The van der Waals surface area contributed by atoms with Gasteiger partial charge in [0.1, 0.15) is 5.82 Å². The fourth-order valence-corrected chi connectivity index (χ4v) is 2.23. The van der Waals surface area contributed by atoms with Crippen molar-refractivity contribution in [2.45, 2.75) is 31.7 Å². The topological polar surface area (TPSA) is 37.8 Å². The van der Waals surface area contributed by atoms with Crippen molar-refractivity contribution < 1.29 is 0 Å². The Morgan fingerprint density at radius 2 is 2.24 bits per heavy atom. The van der Waals surface area contributed by atoms with Crippen LogP contribution < -0.4 is 5.32 Å². The van der Waals surface area contributed by atoms with Crippen LogP contribution in [0.4, 0.5) is 5.82 Å². The number of nitrogens with zero attached hydrogens (tertiary/aromatic N) is 2. The van der Waals surface area contributed by atoms with Gasteiger partial charge < -0.3 is 5.32 Å². The molecule has 1 saturated carbocycles. The molecule has 0 bridgehead atoms. The maximum Gasteiger partial charge on any atom is 0.224 e. The first kappa shape index (κ1) is 12.7. The van der Waals surface area contributed by atoms with Gasteiger partial charge in [-0.05, 0) is 24.4 Å². The predicted molar refractivity (Wildman–Crippen MR) is 73.6 cm³/mol. The van der Waals surface area contributed by atoms with Crippen molar-refractivity contribution in [2.24, 2.45) is 0 Å². The van der Waals surface area contributed by atoms with E-state index in [1.54, 1.807) is 6.20 Å². The summed E-state index contributed by atoms with van der Waals surface area (Å²) in [4.78, 5) is 8.18. The van der Waals surface area contributed by atoms with Gasteiger partial charge in [-0.1, -0.05) is 40.6 Å². The molecule has 0 unspecified atom stereocenters. The first-order chi connectivity index (χ1) is 8.29. The minimum Gasteiger partial charge on any atom is -0.366 e. The van der Waals surface area contributed by atoms with Gasteiger partial charge in [0, 0.05) is 12.2 Å². The molecule has 2 rings (SSSR count). The van der Waals surface area contributed by atoms with Crippen molar-refractivity contribution in [1.29, 1.82) is 0 Å². The number of halogens is 2. The van der Waals surface area contributed by atoms with Crippen LogP contribution in [0, 0.1) is 11.8 Å². The number of hydrogen-bond donors (Lipinski definition) is 1. The SMILES string of the molecule is Clc1ncc(C#CCBr)c(NC2CCCC2)n1. The van der Waals surface area contributed by atoms with E-state index in [0.29, 0.717) is 11.4 Å². The highest BCUT2D eigenvalue weighted by Crippen LogP contribution is 2.23. The third-order valence-corrected chi connectivity index (χ3v) is 3.21. The molecule has 3 nitrogen and oxygen atoms in total. The second kappa shape index (κ2) is 6.23. The van der Waals surface area contributed by atoms with Crippen LogP contribution in [0.5, 0.6) is 0 Å². The Bertz CT molecular complexity index is 447. The Balaban J connectivity index is 2.19. The van der Waals surface area contributed by atoms with E-state index in [-0.39, 0.29) is 5.28 Å². The lowest BCUT2D eigenvalue weighted by atomic mass is 10.2. The van der Waals surface area contributed by atoms with Gasteiger partial charge in [0.25, 0.3) is 0 Å². The van der Waals surface area contributed by atoms with E-state index in [4.69, 9.17) is 11.6 Å². The molecular formula is C12H13BrClN3. The Morgan fingerprint density at radius 1 is 1.47 bits per heavy atom. The fourth-order valence-electron chi connectivity index (χ4n) is 1.95. The second-order valence-electron chi connectivity index (χ2n) is 3.96. The van der Waals surface area contributed by atoms with Gasteiger partial charge in [-0.25, -0.2) is 4.98 Å². The van der Waals surface area contributed by atoms with Crippen LogP contribution in [0.25, 0.3) is 0 Å². The van der Waals surface area contributed by atoms with Crippen LogP contribution in [0.1, 0.15) is 31.2 Å². The Morgan fingerprint density at radius 3 is 2.94 bits per heavy atom. The van der Waals surface area contributed by atoms with Gasteiger partial charge in [-0.2, -0.15) is 4.98 Å². The zero-order valence-electron chi connectivity index (χ0n) is 9.34. The number of nitrogens with one attached hydrogen (secondary N) is 1. The quantitative estimate of drug-likeness (QED) is 0.517. The zero-order valence-corrected chi connectivity index (χ0v) is 11.7. The lowest BCUT2D eigenvalue weighted by molar-refractivity contribution is 0.749. The van der Waals surface area contributed by atoms with Crippen LogP contribution in [0.3, 0.4) is 0 Å². The lowest BCUT2D eigenvalue weighted by Crippen LogP contribution is -2.16. The number of alkyl halides is 1. The summed E-state index contributed by atoms with van der Waals surface area (Å²) < 4.78 is 0. The van der Waals surface area contributed by atoms with Crippen molar-refractivity contribution in [3.63, 3.8) is 0 Å². The summed E-state index contributed by atoms with van der Waals surface area (Å²) in [6, 6.07) is 0.491. The number of rotatable bonds is 2. The summed E-state index contributed by atoms with van der Waals surface area (Å²) in [5.74, 6) is 6.73. The average Bonchev–Trinajstić information content (AvgIpc) is 2.81. The normalized spacial score (nSPS) is 15.4. The molecule has 1 heterocycles. The van der Waals surface area contributed by atoms with Crippen LogP contribution in [-0.4, -0.2) is 21.3 Å². The Hall–Kier alpha value is -0.790. The van der Waals surface area contributed by atoms with Crippen molar-refractivity contribution in [2.75, 3.05) is 10.6 Å². The third kappa shape index (κ3) is 3.58. The standard InChI is InChI=1S/C12H13BrClN3/c13-7-3-4-9-8-15-12(14)17-11(9)16-10-5-1-2-6-10/h8,10H,1-2,5-7H2,(H,15,16,17). The maximum absolute atomic E-state index is 5.82. The van der Waals surface area contributed by atoms with Crippen LogP contribution >= 0.6 is 27.5 Å². The molecule has 5 heteroatoms. The van der Waals surface area contributed by atoms with Crippen LogP contribution in [0.2, 0.25) is 5.28 Å². The molecule has 1 aromatic rings. The third-order valence-electron chi connectivity index (χ3n) is 2.75. The molecule has 1 aliphatic carbocycles. The van der Waals surface area contributed by atoms with Crippen molar-refractivity contribution in [3.05, 3.63) is 17.0 Å². The van der Waals surface area contributed by atoms with Crippen molar-refractivity contribution >= 4 is 33.3 Å². The molecule has 1 N–H and O–H groups in total. The van der Waals surface area contributed by atoms with Crippen LogP contribution in [-0.2, 0) is 0 Å². The van der Waals surface area contributed by atoms with Gasteiger partial charge in [-0.3, -0.25) is 0 Å². The minimum atomic E-state index is 0.259. The van der Waals surface area contributed by atoms with E-state index in [1.807, 2.05) is 0 Å². The molecular weight excluding hydrogens is 302 g/mol. The smallest absolute Gasteiger partial charge is 0.224 e. The first-order valence-corrected chi connectivity index (χ1v) is 7.13. The Labute approximate surface area is 115 Å². The van der Waals surface area contributed by atoms with E-state index in [9.17, 15) is 0 Å². The molecule has 0 spiro atoms. The summed E-state index contributed by atoms with van der Waals surface area (Å²) in [5, 5.41) is 4.30. The monoisotopic (exact) mass is 313 g/mol. The summed E-state index contributed by atoms with van der Waals surface area (Å²) in [6.45, 7) is 0. The second-order valence-corrected chi connectivity index (χ2v) is 4.86. The molecule has 0 amide bonds. The van der Waals surface area contributed by atoms with Gasteiger partial charge in [0.15, 0.2) is 0 Å². The van der Waals surface area contributed by atoms with Gasteiger partial charge in [-0.15, -0.1) is 0 Å². The first-order valence-electron chi connectivity index (χ1n) is 5.63. The van der Waals surface area contributed by atoms with E-state index >= 15 is 0 Å². The predicted octanol–water partition coefficient (Wildman–Crippen LogP) is 3.23. The molecule has 17 heavy (non-hydrogen) atoms. The van der Waals surface area contributed by atoms with E-state index in [2.05, 4.69) is 43.1 Å². The van der Waals surface area contributed by atoms with Crippen LogP contribution in [0.15, 0.2) is 6.20 Å². The maximum atomic E-state index is 5.82. The zero-order chi connectivity index (χ0) is 12.1. The molecule has 0 aliphatic heterocycles. The lowest BCUT2D eigenvalue weighted by Gasteiger charge is -2.13. The largest absolute Gasteiger partial charge is 0.366 e. The highest BCUT2D eigenvalue weighted by Gasteiger charge is 2.16. The summed E-state index contributed by atoms with van der Waals surface area (Å²) >= 11 is 9.09. The molecule has 90 valence electrons. The molecule has 1 fully saturated rings. The highest BCUT2D eigenvalue weighted by molar-refractivity contribution is 9.09. The highest BCUT2D eigenvalue weighted by atomic mass is 79.9. The molecule has 1 aliphatic rings. The number of anilines is 1. The fraction of sp³-hybridized carbons (Fsp3) is 0.500. The average molecular weight is 315 g/mol. The van der Waals surface area contributed by atoms with Crippen molar-refractivity contribution in [3.8, 4) is 11.8 Å². The number of aromatic nitrogens is 2. The Kier molecular flexibility index (Phi) is 4.64. The van der Waals surface area contributed by atoms with Gasteiger partial charge in [0.2, 0.25) is 5.28 Å². The minimum absolute atomic E-state index is 0.259.